The largest absolute Gasteiger partial charge is 0.507 e. The van der Waals surface area contributed by atoms with Crippen molar-refractivity contribution in [3.63, 3.8) is 0 Å². The van der Waals surface area contributed by atoms with Gasteiger partial charge in [0.05, 0.1) is 23.0 Å². The number of rotatable bonds is 4. The molecule has 2 aliphatic rings. The molecule has 35 heavy (non-hydrogen) atoms. The van der Waals surface area contributed by atoms with Crippen LogP contribution in [-0.4, -0.2) is 61.6 Å². The molecule has 5 heterocycles. The zero-order chi connectivity index (χ0) is 24.4. The van der Waals surface area contributed by atoms with Gasteiger partial charge in [-0.2, -0.15) is 13.2 Å². The number of halogens is 3. The van der Waals surface area contributed by atoms with E-state index in [1.807, 2.05) is 0 Å². The minimum Gasteiger partial charge on any atom is -0.507 e. The molecule has 0 atom stereocenters. The van der Waals surface area contributed by atoms with Crippen molar-refractivity contribution in [3.05, 3.63) is 54.3 Å². The first kappa shape index (κ1) is 21.4. The molecule has 2 aliphatic heterocycles. The van der Waals surface area contributed by atoms with Gasteiger partial charge in [0, 0.05) is 50.1 Å². The normalized spacial score (nSPS) is 16.8. The topological polar surface area (TPSA) is 118 Å². The lowest BCUT2D eigenvalue weighted by atomic mass is 9.74. The van der Waals surface area contributed by atoms with Crippen LogP contribution < -0.4 is 10.1 Å². The molecule has 2 N–H and O–H groups in total. The quantitative estimate of drug-likeness (QED) is 0.452. The zero-order valence-corrected chi connectivity index (χ0v) is 17.9. The van der Waals surface area contributed by atoms with E-state index in [0.717, 1.165) is 19.4 Å². The number of alkyl halides is 3. The number of aromatic nitrogens is 4. The number of benzene rings is 1. The van der Waals surface area contributed by atoms with Crippen molar-refractivity contribution in [2.45, 2.75) is 6.18 Å². The van der Waals surface area contributed by atoms with Crippen molar-refractivity contribution in [1.29, 1.82) is 0 Å². The minimum atomic E-state index is -4.71. The number of nitrogens with zero attached hydrogens (tertiary/aromatic N) is 5. The summed E-state index contributed by atoms with van der Waals surface area (Å²) in [6.07, 6.45) is 0.168. The van der Waals surface area contributed by atoms with E-state index >= 15 is 0 Å². The van der Waals surface area contributed by atoms with Crippen molar-refractivity contribution < 1.29 is 32.3 Å². The monoisotopic (exact) mass is 486 g/mol. The van der Waals surface area contributed by atoms with Crippen LogP contribution in [-0.2, 0) is 6.18 Å². The van der Waals surface area contributed by atoms with Crippen LogP contribution in [0, 0.1) is 5.41 Å². The molecule has 0 unspecified atom stereocenters. The Hall–Kier alpha value is -4.13. The average molecular weight is 486 g/mol. The first-order valence-electron chi connectivity index (χ1n) is 10.6. The van der Waals surface area contributed by atoms with Gasteiger partial charge >= 0.3 is 6.18 Å². The Balaban J connectivity index is 1.26. The summed E-state index contributed by atoms with van der Waals surface area (Å²) in [7, 11) is 0. The van der Waals surface area contributed by atoms with Gasteiger partial charge in [0.2, 0.25) is 5.65 Å². The summed E-state index contributed by atoms with van der Waals surface area (Å²) in [6, 6.07) is 4.25. The molecule has 1 aromatic carbocycles. The van der Waals surface area contributed by atoms with Gasteiger partial charge < -0.3 is 24.6 Å². The smallest absolute Gasteiger partial charge is 0.437 e. The first-order chi connectivity index (χ1) is 16.7. The summed E-state index contributed by atoms with van der Waals surface area (Å²) < 4.78 is 51.4. The van der Waals surface area contributed by atoms with Crippen LogP contribution in [0.4, 0.5) is 13.2 Å². The van der Waals surface area contributed by atoms with Gasteiger partial charge in [0.1, 0.15) is 17.8 Å². The molecule has 6 rings (SSSR count). The number of likely N-dealkylation sites (tertiary alicyclic amines) is 1. The van der Waals surface area contributed by atoms with Gasteiger partial charge in [-0.25, -0.2) is 9.97 Å². The highest BCUT2D eigenvalue weighted by Gasteiger charge is 2.49. The van der Waals surface area contributed by atoms with Crippen molar-refractivity contribution in [2.24, 2.45) is 5.41 Å². The number of phenols is 1. The second kappa shape index (κ2) is 7.43. The molecule has 3 aromatic heterocycles. The summed E-state index contributed by atoms with van der Waals surface area (Å²) in [5.41, 5.74) is -0.927. The number of nitrogens with one attached hydrogen (secondary N) is 1. The molecule has 1 amide bonds. The lowest BCUT2D eigenvalue weighted by molar-refractivity contribution is -0.142. The van der Waals surface area contributed by atoms with Crippen LogP contribution in [0.5, 0.6) is 17.4 Å². The fraction of sp³-hybridized carbons (Fsp3) is 0.273. The molecule has 2 saturated heterocycles. The Morgan fingerprint density at radius 1 is 1.23 bits per heavy atom. The van der Waals surface area contributed by atoms with E-state index in [-0.39, 0.29) is 51.2 Å². The summed E-state index contributed by atoms with van der Waals surface area (Å²) in [4.78, 5) is 22.7. The van der Waals surface area contributed by atoms with Gasteiger partial charge in [-0.1, -0.05) is 5.16 Å². The summed E-state index contributed by atoms with van der Waals surface area (Å²) in [5.74, 6) is -0.354. The maximum atomic E-state index is 13.3. The van der Waals surface area contributed by atoms with Crippen molar-refractivity contribution >= 4 is 11.6 Å². The molecule has 4 aromatic rings. The van der Waals surface area contributed by atoms with Gasteiger partial charge in [0.25, 0.3) is 11.8 Å². The van der Waals surface area contributed by atoms with E-state index in [1.165, 1.54) is 41.2 Å². The molecule has 0 bridgehead atoms. The highest BCUT2D eigenvalue weighted by molar-refractivity contribution is 5.97. The Morgan fingerprint density at radius 2 is 2.03 bits per heavy atom. The molecular formula is C22H17F3N6O4. The zero-order valence-electron chi connectivity index (χ0n) is 17.9. The van der Waals surface area contributed by atoms with Crippen molar-refractivity contribution in [1.82, 2.24) is 29.7 Å². The number of hydrogen-bond acceptors (Lipinski definition) is 8. The van der Waals surface area contributed by atoms with Crippen LogP contribution in [0.1, 0.15) is 16.1 Å². The number of ether oxygens (including phenoxy) is 1. The summed E-state index contributed by atoms with van der Waals surface area (Å²) >= 11 is 0. The molecular weight excluding hydrogens is 469 g/mol. The number of phenolic OH excluding ortho intramolecular Hbond substituents is 1. The van der Waals surface area contributed by atoms with Crippen LogP contribution in [0.3, 0.4) is 0 Å². The van der Waals surface area contributed by atoms with E-state index in [0.29, 0.717) is 13.1 Å². The molecule has 2 fully saturated rings. The third kappa shape index (κ3) is 3.46. The van der Waals surface area contributed by atoms with Gasteiger partial charge in [-0.15, -0.1) is 0 Å². The van der Waals surface area contributed by atoms with Crippen LogP contribution in [0.25, 0.3) is 16.9 Å². The van der Waals surface area contributed by atoms with E-state index < -0.39 is 11.9 Å². The second-order valence-corrected chi connectivity index (χ2v) is 8.69. The van der Waals surface area contributed by atoms with Gasteiger partial charge in [-0.05, 0) is 12.1 Å². The molecule has 0 aliphatic carbocycles. The van der Waals surface area contributed by atoms with E-state index in [2.05, 4.69) is 25.0 Å². The molecule has 10 nitrogen and oxygen atoms in total. The Kier molecular flexibility index (Phi) is 4.55. The first-order valence-corrected chi connectivity index (χ1v) is 10.6. The van der Waals surface area contributed by atoms with Crippen molar-refractivity contribution in [3.8, 4) is 28.6 Å². The fourth-order valence-corrected chi connectivity index (χ4v) is 4.44. The molecule has 1 spiro atoms. The van der Waals surface area contributed by atoms with Gasteiger partial charge in [-0.3, -0.25) is 9.20 Å². The Labute approximate surface area is 194 Å². The van der Waals surface area contributed by atoms with E-state index in [4.69, 9.17) is 4.74 Å². The average Bonchev–Trinajstić information content (AvgIpc) is 3.39. The maximum absolute atomic E-state index is 13.3. The lowest BCUT2D eigenvalue weighted by Gasteiger charge is -2.56. The molecule has 0 radical (unpaired) electrons. The third-order valence-electron chi connectivity index (χ3n) is 6.26. The predicted molar refractivity (Wildman–Crippen MR) is 113 cm³/mol. The number of aromatic hydroxyl groups is 1. The number of amides is 1. The number of carbonyl (C=O) groups excluding carboxylic acids is 1. The molecule has 0 saturated carbocycles. The minimum absolute atomic E-state index is 0.00981. The summed E-state index contributed by atoms with van der Waals surface area (Å²) in [6.45, 7) is 3.07. The Morgan fingerprint density at radius 3 is 2.71 bits per heavy atom. The van der Waals surface area contributed by atoms with Crippen LogP contribution in [0.2, 0.25) is 0 Å². The highest BCUT2D eigenvalue weighted by atomic mass is 19.4. The highest BCUT2D eigenvalue weighted by Crippen LogP contribution is 2.38. The van der Waals surface area contributed by atoms with Crippen molar-refractivity contribution in [2.75, 3.05) is 26.2 Å². The number of imidazole rings is 1. The molecule has 13 heteroatoms. The number of carbonyl (C=O) groups is 1. The third-order valence-corrected chi connectivity index (χ3v) is 6.26. The number of fused-ring (bicyclic) bond motifs is 1. The lowest BCUT2D eigenvalue weighted by Crippen LogP contribution is -2.71. The second-order valence-electron chi connectivity index (χ2n) is 8.69. The van der Waals surface area contributed by atoms with E-state index in [9.17, 15) is 23.1 Å². The van der Waals surface area contributed by atoms with Gasteiger partial charge in [0.15, 0.2) is 5.69 Å². The van der Waals surface area contributed by atoms with E-state index in [1.54, 1.807) is 4.90 Å². The molecule has 180 valence electrons. The standard InChI is InChI=1S/C22H17F3N6O4/c23-22(24,25)17-14(7-34-29-17)15-6-28-18-19(27-3-4-31(15)18)35-12-1-2-13(16(32)5-12)20(33)30-10-21(11-30)8-26-9-21/h1-7,26,32H,8-11H2. The SMILES string of the molecule is O=C(c1ccc(Oc2nccn3c(-c4conc4C(F)(F)F)cnc23)cc1O)N1CC2(CNC2)C1. The predicted octanol–water partition coefficient (Wildman–Crippen LogP) is 2.95. The van der Waals surface area contributed by atoms with Crippen LogP contribution in [0.15, 0.2) is 47.6 Å². The van der Waals surface area contributed by atoms with Crippen LogP contribution >= 0.6 is 0 Å². The maximum Gasteiger partial charge on any atom is 0.437 e. The number of hydrogen-bond donors (Lipinski definition) is 2. The Bertz CT molecular complexity index is 1450. The fourth-order valence-electron chi connectivity index (χ4n) is 4.44. The summed E-state index contributed by atoms with van der Waals surface area (Å²) in [5, 5.41) is 16.7.